The van der Waals surface area contributed by atoms with Gasteiger partial charge in [-0.15, -0.1) is 5.54 Å². The molecule has 0 saturated heterocycles. The minimum atomic E-state index is -1.77. The molecule has 23 heavy (non-hydrogen) atoms. The van der Waals surface area contributed by atoms with E-state index in [2.05, 4.69) is 72.1 Å². The van der Waals surface area contributed by atoms with Crippen molar-refractivity contribution >= 4 is 14.4 Å². The third-order valence-electron chi connectivity index (χ3n) is 5.33. The number of carbonyl (C=O) groups excluding carboxylic acids is 1. The van der Waals surface area contributed by atoms with Gasteiger partial charge in [0.15, 0.2) is 0 Å². The average molecular weight is 329 g/mol. The number of rotatable bonds is 6. The number of benzene rings is 1. The van der Waals surface area contributed by atoms with E-state index >= 15 is 0 Å². The lowest BCUT2D eigenvalue weighted by molar-refractivity contribution is -0.110. The van der Waals surface area contributed by atoms with Crippen LogP contribution in [0.4, 0.5) is 0 Å². The van der Waals surface area contributed by atoms with Gasteiger partial charge in [0.25, 0.3) is 0 Å². The Morgan fingerprint density at radius 2 is 1.35 bits per heavy atom. The SMILES string of the molecule is CC(c1ccccc1)C(C#C[Si](C(C)C)(C(C)C)C(C)C)C=O. The highest BCUT2D eigenvalue weighted by Crippen LogP contribution is 2.41. The van der Waals surface area contributed by atoms with Crippen LogP contribution in [0.5, 0.6) is 0 Å². The lowest BCUT2D eigenvalue weighted by Crippen LogP contribution is -2.43. The summed E-state index contributed by atoms with van der Waals surface area (Å²) in [6.45, 7) is 15.9. The molecule has 0 bridgehead atoms. The maximum atomic E-state index is 11.7. The van der Waals surface area contributed by atoms with Gasteiger partial charge in [-0.25, -0.2) is 0 Å². The molecule has 1 nitrogen and oxygen atoms in total. The van der Waals surface area contributed by atoms with Crippen LogP contribution in [0, 0.1) is 17.4 Å². The third-order valence-corrected chi connectivity index (χ3v) is 11.6. The first-order chi connectivity index (χ1) is 10.8. The van der Waals surface area contributed by atoms with Gasteiger partial charge in [0, 0.05) is 5.92 Å². The minimum absolute atomic E-state index is 0.138. The highest BCUT2D eigenvalue weighted by atomic mass is 28.3. The zero-order chi connectivity index (χ0) is 17.6. The third kappa shape index (κ3) is 4.35. The lowest BCUT2D eigenvalue weighted by atomic mass is 9.89. The molecule has 0 heterocycles. The van der Waals surface area contributed by atoms with Crippen molar-refractivity contribution in [2.24, 2.45) is 5.92 Å². The molecule has 0 amide bonds. The molecule has 2 atom stereocenters. The monoisotopic (exact) mass is 328 g/mol. The van der Waals surface area contributed by atoms with Crippen molar-refractivity contribution in [3.05, 3.63) is 35.9 Å². The van der Waals surface area contributed by atoms with Crippen molar-refractivity contribution in [3.8, 4) is 11.5 Å². The summed E-state index contributed by atoms with van der Waals surface area (Å²) < 4.78 is 0. The van der Waals surface area contributed by atoms with Gasteiger partial charge in [-0.05, 0) is 22.2 Å². The smallest absolute Gasteiger partial charge is 0.145 e. The van der Waals surface area contributed by atoms with Gasteiger partial charge in [-0.3, -0.25) is 0 Å². The van der Waals surface area contributed by atoms with Crippen molar-refractivity contribution in [2.45, 2.75) is 71.0 Å². The van der Waals surface area contributed by atoms with Crippen molar-refractivity contribution in [1.29, 1.82) is 0 Å². The van der Waals surface area contributed by atoms with Crippen LogP contribution in [0.15, 0.2) is 30.3 Å². The Bertz CT molecular complexity index is 526. The highest BCUT2D eigenvalue weighted by Gasteiger charge is 2.41. The van der Waals surface area contributed by atoms with Crippen LogP contribution < -0.4 is 0 Å². The summed E-state index contributed by atoms with van der Waals surface area (Å²) in [5.41, 5.74) is 6.65. The molecule has 0 radical (unpaired) electrons. The van der Waals surface area contributed by atoms with Crippen molar-refractivity contribution in [1.82, 2.24) is 0 Å². The van der Waals surface area contributed by atoms with E-state index in [0.29, 0.717) is 16.6 Å². The fraction of sp³-hybridized carbons (Fsp3) is 0.571. The highest BCUT2D eigenvalue weighted by molar-refractivity contribution is 6.90. The van der Waals surface area contributed by atoms with Gasteiger partial charge in [-0.1, -0.05) is 84.7 Å². The predicted octanol–water partition coefficient (Wildman–Crippen LogP) is 5.83. The van der Waals surface area contributed by atoms with Crippen molar-refractivity contribution in [2.75, 3.05) is 0 Å². The Labute approximate surface area is 143 Å². The molecule has 0 aromatic heterocycles. The Morgan fingerprint density at radius 1 is 0.870 bits per heavy atom. The van der Waals surface area contributed by atoms with Gasteiger partial charge < -0.3 is 4.79 Å². The largest absolute Gasteiger partial charge is 0.302 e. The van der Waals surface area contributed by atoms with Crippen LogP contribution in [-0.2, 0) is 4.79 Å². The molecular weight excluding hydrogens is 296 g/mol. The summed E-state index contributed by atoms with van der Waals surface area (Å²) in [6, 6.07) is 10.2. The summed E-state index contributed by atoms with van der Waals surface area (Å²) in [7, 11) is -1.77. The summed E-state index contributed by atoms with van der Waals surface area (Å²) in [6.07, 6.45) is 1.03. The van der Waals surface area contributed by atoms with Crippen LogP contribution in [0.1, 0.15) is 59.9 Å². The molecule has 0 aliphatic rings. The Balaban J connectivity index is 3.19. The molecule has 2 unspecified atom stereocenters. The van der Waals surface area contributed by atoms with E-state index in [1.807, 2.05) is 18.2 Å². The fourth-order valence-corrected chi connectivity index (χ4v) is 9.16. The van der Waals surface area contributed by atoms with Crippen LogP contribution in [0.25, 0.3) is 0 Å². The second-order valence-corrected chi connectivity index (χ2v) is 13.1. The minimum Gasteiger partial charge on any atom is -0.302 e. The van der Waals surface area contributed by atoms with E-state index in [-0.39, 0.29) is 11.8 Å². The molecular formula is C21H32OSi. The first-order valence-electron chi connectivity index (χ1n) is 8.80. The van der Waals surface area contributed by atoms with Crippen molar-refractivity contribution in [3.63, 3.8) is 0 Å². The molecule has 1 aromatic carbocycles. The van der Waals surface area contributed by atoms with Crippen LogP contribution in [0.2, 0.25) is 16.6 Å². The molecule has 0 N–H and O–H groups in total. The second kappa shape index (κ2) is 8.50. The van der Waals surface area contributed by atoms with Gasteiger partial charge in [0.05, 0.1) is 5.92 Å². The molecule has 0 spiro atoms. The summed E-state index contributed by atoms with van der Waals surface area (Å²) in [5.74, 6) is 3.31. The number of carbonyl (C=O) groups is 1. The van der Waals surface area contributed by atoms with E-state index in [1.165, 1.54) is 5.56 Å². The van der Waals surface area contributed by atoms with Crippen LogP contribution in [-0.4, -0.2) is 14.4 Å². The van der Waals surface area contributed by atoms with Gasteiger partial charge in [0.1, 0.15) is 14.4 Å². The molecule has 0 saturated carbocycles. The predicted molar refractivity (Wildman–Crippen MR) is 103 cm³/mol. The maximum absolute atomic E-state index is 11.7. The second-order valence-electron chi connectivity index (χ2n) is 7.53. The van der Waals surface area contributed by atoms with E-state index in [1.54, 1.807) is 0 Å². The number of aldehydes is 1. The lowest BCUT2D eigenvalue weighted by Gasteiger charge is -2.38. The number of hydrogen-bond acceptors (Lipinski definition) is 1. The van der Waals surface area contributed by atoms with Gasteiger partial charge >= 0.3 is 0 Å². The molecule has 0 aliphatic carbocycles. The van der Waals surface area contributed by atoms with Crippen molar-refractivity contribution < 1.29 is 4.79 Å². The summed E-state index contributed by atoms with van der Waals surface area (Å²) >= 11 is 0. The average Bonchev–Trinajstić information content (AvgIpc) is 2.51. The first-order valence-corrected chi connectivity index (χ1v) is 11.0. The fourth-order valence-electron chi connectivity index (χ4n) is 3.88. The van der Waals surface area contributed by atoms with Crippen LogP contribution in [0.3, 0.4) is 0 Å². The van der Waals surface area contributed by atoms with E-state index in [4.69, 9.17) is 0 Å². The standard InChI is InChI=1S/C21H32OSi/c1-16(2)23(17(3)4,18(5)6)14-13-21(15-22)19(7)20-11-9-8-10-12-20/h8-12,15-19,21H,1-7H3. The van der Waals surface area contributed by atoms with E-state index in [0.717, 1.165) is 6.29 Å². The van der Waals surface area contributed by atoms with Gasteiger partial charge in [0.2, 0.25) is 0 Å². The first kappa shape index (κ1) is 19.7. The normalized spacial score (nSPS) is 14.5. The van der Waals surface area contributed by atoms with Gasteiger partial charge in [-0.2, -0.15) is 0 Å². The molecule has 126 valence electrons. The Kier molecular flexibility index (Phi) is 7.29. The zero-order valence-corrected chi connectivity index (χ0v) is 16.8. The Hall–Kier alpha value is -1.33. The topological polar surface area (TPSA) is 17.1 Å². The van der Waals surface area contributed by atoms with Crippen LogP contribution >= 0.6 is 0 Å². The molecule has 0 fully saturated rings. The molecule has 2 heteroatoms. The number of hydrogen-bond donors (Lipinski definition) is 0. The summed E-state index contributed by atoms with van der Waals surface area (Å²) in [4.78, 5) is 11.7. The zero-order valence-electron chi connectivity index (χ0n) is 15.8. The molecule has 1 rings (SSSR count). The van der Waals surface area contributed by atoms with E-state index < -0.39 is 8.07 Å². The maximum Gasteiger partial charge on any atom is 0.145 e. The van der Waals surface area contributed by atoms with E-state index in [9.17, 15) is 4.79 Å². The summed E-state index contributed by atoms with van der Waals surface area (Å²) in [5, 5.41) is 0. The molecule has 0 aliphatic heterocycles. The Morgan fingerprint density at radius 3 is 1.74 bits per heavy atom. The molecule has 1 aromatic rings. The quantitative estimate of drug-likeness (QED) is 0.365.